The molecule has 1 saturated heterocycles. The van der Waals surface area contributed by atoms with E-state index in [1.807, 2.05) is 7.05 Å². The van der Waals surface area contributed by atoms with Crippen LogP contribution in [0.3, 0.4) is 0 Å². The summed E-state index contributed by atoms with van der Waals surface area (Å²) in [6.07, 6.45) is 3.80. The molecule has 1 fully saturated rings. The third-order valence-corrected chi connectivity index (χ3v) is 3.41. The van der Waals surface area contributed by atoms with E-state index in [2.05, 4.69) is 15.2 Å². The number of nitrogens with one attached hydrogen (secondary N) is 1. The fourth-order valence-corrected chi connectivity index (χ4v) is 2.29. The average molecular weight is 250 g/mol. The van der Waals surface area contributed by atoms with E-state index < -0.39 is 0 Å². The zero-order valence-corrected chi connectivity index (χ0v) is 10.7. The molecule has 18 heavy (non-hydrogen) atoms. The van der Waals surface area contributed by atoms with Gasteiger partial charge < -0.3 is 10.2 Å². The number of likely N-dealkylation sites (N-methyl/N-ethyl adjacent to an activating group) is 1. The minimum Gasteiger partial charge on any atom is -0.355 e. The Morgan fingerprint density at radius 1 is 1.61 bits per heavy atom. The van der Waals surface area contributed by atoms with Crippen LogP contribution in [0.15, 0.2) is 12.3 Å². The Morgan fingerprint density at radius 2 is 2.39 bits per heavy atom. The molecule has 0 aromatic carbocycles. The van der Waals surface area contributed by atoms with Gasteiger partial charge in [-0.05, 0) is 26.8 Å². The Labute approximate surface area is 106 Å². The van der Waals surface area contributed by atoms with Gasteiger partial charge in [0.15, 0.2) is 0 Å². The molecular formula is C12H18N4O2. The lowest BCUT2D eigenvalue weighted by Crippen LogP contribution is -2.44. The Hall–Kier alpha value is -1.69. The monoisotopic (exact) mass is 250 g/mol. The predicted molar refractivity (Wildman–Crippen MR) is 69.9 cm³/mol. The molecule has 6 nitrogen and oxygen atoms in total. The van der Waals surface area contributed by atoms with Gasteiger partial charge in [-0.15, -0.1) is 0 Å². The van der Waals surface area contributed by atoms with Gasteiger partial charge in [-0.3, -0.25) is 10.1 Å². The summed E-state index contributed by atoms with van der Waals surface area (Å²) < 4.78 is 0. The number of anilines is 1. The molecule has 6 heteroatoms. The van der Waals surface area contributed by atoms with E-state index in [-0.39, 0.29) is 10.6 Å². The van der Waals surface area contributed by atoms with Crippen molar-refractivity contribution in [3.63, 3.8) is 0 Å². The molecule has 0 spiro atoms. The molecular weight excluding hydrogens is 232 g/mol. The van der Waals surface area contributed by atoms with Crippen molar-refractivity contribution in [1.29, 1.82) is 0 Å². The van der Waals surface area contributed by atoms with Crippen LogP contribution in [0.5, 0.6) is 0 Å². The van der Waals surface area contributed by atoms with Gasteiger partial charge in [0.25, 0.3) is 5.69 Å². The summed E-state index contributed by atoms with van der Waals surface area (Å²) in [5.74, 6) is 0.701. The largest absolute Gasteiger partial charge is 0.355 e. The van der Waals surface area contributed by atoms with Gasteiger partial charge in [-0.1, -0.05) is 0 Å². The predicted octanol–water partition coefficient (Wildman–Crippen LogP) is 1.49. The molecule has 0 amide bonds. The molecule has 0 radical (unpaired) electrons. The van der Waals surface area contributed by atoms with Crippen molar-refractivity contribution in [3.05, 3.63) is 27.9 Å². The van der Waals surface area contributed by atoms with Crippen LogP contribution >= 0.6 is 0 Å². The highest BCUT2D eigenvalue weighted by atomic mass is 16.6. The molecule has 2 heterocycles. The van der Waals surface area contributed by atoms with E-state index in [4.69, 9.17) is 0 Å². The van der Waals surface area contributed by atoms with Crippen LogP contribution in [0.1, 0.15) is 18.4 Å². The highest BCUT2D eigenvalue weighted by Gasteiger charge is 2.21. The molecule has 1 N–H and O–H groups in total. The summed E-state index contributed by atoms with van der Waals surface area (Å²) in [6, 6.07) is 2.01. The lowest BCUT2D eigenvalue weighted by atomic mass is 10.1. The Morgan fingerprint density at radius 3 is 3.06 bits per heavy atom. The van der Waals surface area contributed by atoms with Crippen molar-refractivity contribution in [2.45, 2.75) is 25.8 Å². The van der Waals surface area contributed by atoms with Crippen LogP contribution in [-0.2, 0) is 0 Å². The van der Waals surface area contributed by atoms with E-state index in [0.29, 0.717) is 17.4 Å². The van der Waals surface area contributed by atoms with Gasteiger partial charge in [0.2, 0.25) is 0 Å². The maximum absolute atomic E-state index is 10.9. The van der Waals surface area contributed by atoms with Crippen LogP contribution in [0, 0.1) is 17.0 Å². The fourth-order valence-electron chi connectivity index (χ4n) is 2.29. The van der Waals surface area contributed by atoms with Gasteiger partial charge in [0, 0.05) is 30.9 Å². The van der Waals surface area contributed by atoms with Crippen molar-refractivity contribution in [2.75, 3.05) is 25.0 Å². The Balaban J connectivity index is 2.22. The van der Waals surface area contributed by atoms with Crippen LogP contribution < -0.4 is 10.2 Å². The van der Waals surface area contributed by atoms with E-state index in [0.717, 1.165) is 25.9 Å². The summed E-state index contributed by atoms with van der Waals surface area (Å²) in [7, 11) is 1.94. The second-order valence-electron chi connectivity index (χ2n) is 4.66. The summed E-state index contributed by atoms with van der Waals surface area (Å²) in [4.78, 5) is 17.0. The lowest BCUT2D eigenvalue weighted by molar-refractivity contribution is -0.385. The number of nitro groups is 1. The third kappa shape index (κ3) is 2.59. The summed E-state index contributed by atoms with van der Waals surface area (Å²) >= 11 is 0. The van der Waals surface area contributed by atoms with Crippen LogP contribution in [0.25, 0.3) is 0 Å². The number of pyridine rings is 1. The summed E-state index contributed by atoms with van der Waals surface area (Å²) in [5.41, 5.74) is 0.748. The van der Waals surface area contributed by atoms with Gasteiger partial charge in [-0.2, -0.15) is 0 Å². The van der Waals surface area contributed by atoms with Gasteiger partial charge in [-0.25, -0.2) is 4.98 Å². The topological polar surface area (TPSA) is 71.3 Å². The van der Waals surface area contributed by atoms with Gasteiger partial charge in [0.05, 0.1) is 11.0 Å². The summed E-state index contributed by atoms with van der Waals surface area (Å²) in [6.45, 7) is 3.47. The van der Waals surface area contributed by atoms with Crippen molar-refractivity contribution in [1.82, 2.24) is 10.3 Å². The number of nitrogens with zero attached hydrogens (tertiary/aromatic N) is 3. The Bertz CT molecular complexity index is 450. The molecule has 1 aliphatic rings. The molecule has 1 aliphatic heterocycles. The molecule has 1 unspecified atom stereocenters. The van der Waals surface area contributed by atoms with E-state index in [9.17, 15) is 10.1 Å². The van der Waals surface area contributed by atoms with Crippen molar-refractivity contribution >= 4 is 11.5 Å². The highest BCUT2D eigenvalue weighted by Crippen LogP contribution is 2.24. The number of hydrogen-bond donors (Lipinski definition) is 1. The molecule has 0 saturated carbocycles. The maximum Gasteiger partial charge on any atom is 0.277 e. The van der Waals surface area contributed by atoms with Crippen molar-refractivity contribution in [3.8, 4) is 0 Å². The van der Waals surface area contributed by atoms with E-state index >= 15 is 0 Å². The summed E-state index contributed by atoms with van der Waals surface area (Å²) in [5, 5.41) is 14.2. The zero-order chi connectivity index (χ0) is 13.1. The highest BCUT2D eigenvalue weighted by molar-refractivity contribution is 5.51. The smallest absolute Gasteiger partial charge is 0.277 e. The van der Waals surface area contributed by atoms with Crippen LogP contribution in [0.4, 0.5) is 11.5 Å². The first kappa shape index (κ1) is 12.8. The minimum atomic E-state index is -0.347. The first-order chi connectivity index (χ1) is 8.61. The Kier molecular flexibility index (Phi) is 3.76. The van der Waals surface area contributed by atoms with E-state index in [1.165, 1.54) is 0 Å². The second kappa shape index (κ2) is 5.30. The quantitative estimate of drug-likeness (QED) is 0.650. The number of aryl methyl sites for hydroxylation is 1. The number of aromatic nitrogens is 1. The minimum absolute atomic E-state index is 0.145. The SMILES string of the molecule is CNC1CCCN(c2cc([N+](=O)[O-])c(C)cn2)C1. The maximum atomic E-state index is 10.9. The van der Waals surface area contributed by atoms with Crippen LogP contribution in [-0.4, -0.2) is 36.1 Å². The molecule has 1 atom stereocenters. The van der Waals surface area contributed by atoms with Crippen molar-refractivity contribution in [2.24, 2.45) is 0 Å². The zero-order valence-electron chi connectivity index (χ0n) is 10.7. The molecule has 1 aromatic heterocycles. The van der Waals surface area contributed by atoms with Crippen LogP contribution in [0.2, 0.25) is 0 Å². The number of rotatable bonds is 3. The van der Waals surface area contributed by atoms with Gasteiger partial charge in [0.1, 0.15) is 5.82 Å². The van der Waals surface area contributed by atoms with Crippen molar-refractivity contribution < 1.29 is 4.92 Å². The molecule has 1 aromatic rings. The second-order valence-corrected chi connectivity index (χ2v) is 4.66. The fraction of sp³-hybridized carbons (Fsp3) is 0.583. The van der Waals surface area contributed by atoms with Gasteiger partial charge >= 0.3 is 0 Å². The van der Waals surface area contributed by atoms with E-state index in [1.54, 1.807) is 19.2 Å². The first-order valence-electron chi connectivity index (χ1n) is 6.15. The number of piperidine rings is 1. The molecule has 98 valence electrons. The third-order valence-electron chi connectivity index (χ3n) is 3.41. The average Bonchev–Trinajstić information content (AvgIpc) is 2.39. The standard InChI is InChI=1S/C12H18N4O2/c1-9-7-14-12(6-11(9)16(17)18)15-5-3-4-10(8-15)13-2/h6-7,10,13H,3-5,8H2,1-2H3. The first-order valence-corrected chi connectivity index (χ1v) is 6.15. The molecule has 2 rings (SSSR count). The number of hydrogen-bond acceptors (Lipinski definition) is 5. The molecule has 0 bridgehead atoms. The normalized spacial score (nSPS) is 19.9. The molecule has 0 aliphatic carbocycles. The lowest BCUT2D eigenvalue weighted by Gasteiger charge is -2.33.